The van der Waals surface area contributed by atoms with Crippen molar-refractivity contribution in [3.8, 4) is 33.4 Å². The summed E-state index contributed by atoms with van der Waals surface area (Å²) in [5.74, 6) is 0.704. The number of fused-ring (bicyclic) bond motifs is 4. The third kappa shape index (κ3) is 5.97. The minimum atomic E-state index is 0.680. The second-order valence-electron chi connectivity index (χ2n) is 14.2. The van der Waals surface area contributed by atoms with Gasteiger partial charge < -0.3 is 4.42 Å². The average molecular weight is 705 g/mol. The van der Waals surface area contributed by atoms with E-state index in [1.165, 1.54) is 27.8 Å². The van der Waals surface area contributed by atoms with Crippen LogP contribution in [0.25, 0.3) is 71.8 Å². The van der Waals surface area contributed by atoms with Gasteiger partial charge in [0, 0.05) is 28.3 Å². The zero-order valence-electron chi connectivity index (χ0n) is 30.4. The molecule has 1 aliphatic rings. The number of benzene rings is 8. The molecule has 3 heteroatoms. The van der Waals surface area contributed by atoms with Gasteiger partial charge in [-0.15, -0.1) is 0 Å². The van der Waals surface area contributed by atoms with Crippen LogP contribution in [0.5, 0.6) is 0 Å². The highest BCUT2D eigenvalue weighted by atomic mass is 16.3. The fourth-order valence-electron chi connectivity index (χ4n) is 7.99. The molecule has 1 aliphatic heterocycles. The summed E-state index contributed by atoms with van der Waals surface area (Å²) in [5.41, 5.74) is 15.1. The molecule has 0 saturated heterocycles. The molecule has 0 unspecified atom stereocenters. The van der Waals surface area contributed by atoms with E-state index in [1.54, 1.807) is 0 Å². The van der Waals surface area contributed by atoms with Gasteiger partial charge in [-0.1, -0.05) is 170 Å². The quantitative estimate of drug-likeness (QED) is 0.170. The number of allylic oxidation sites excluding steroid dienone is 1. The van der Waals surface area contributed by atoms with Crippen LogP contribution in [0.3, 0.4) is 0 Å². The summed E-state index contributed by atoms with van der Waals surface area (Å²) in [6.45, 7) is 2.19. The van der Waals surface area contributed by atoms with Crippen LogP contribution in [0.1, 0.15) is 30.0 Å². The summed E-state index contributed by atoms with van der Waals surface area (Å²) in [4.78, 5) is 10.9. The van der Waals surface area contributed by atoms with Crippen LogP contribution in [0, 0.1) is 0 Å². The molecule has 9 aromatic rings. The summed E-state index contributed by atoms with van der Waals surface area (Å²) in [6, 6.07) is 66.3. The lowest BCUT2D eigenvalue weighted by atomic mass is 9.92. The Hall–Kier alpha value is -7.10. The first-order valence-corrected chi connectivity index (χ1v) is 18.8. The Bertz CT molecular complexity index is 2970. The van der Waals surface area contributed by atoms with Crippen molar-refractivity contribution in [3.05, 3.63) is 210 Å². The Labute approximate surface area is 320 Å². The van der Waals surface area contributed by atoms with Gasteiger partial charge in [-0.3, -0.25) is 0 Å². The fourth-order valence-corrected chi connectivity index (χ4v) is 7.99. The second kappa shape index (κ2) is 13.7. The molecule has 0 radical (unpaired) electrons. The molecule has 0 spiro atoms. The largest absolute Gasteiger partial charge is 0.456 e. The van der Waals surface area contributed by atoms with Crippen molar-refractivity contribution in [2.24, 2.45) is 9.98 Å². The van der Waals surface area contributed by atoms with Gasteiger partial charge in [0.1, 0.15) is 11.2 Å². The van der Waals surface area contributed by atoms with Gasteiger partial charge in [0.05, 0.1) is 11.4 Å². The number of aliphatic imine (C=N–C) groups is 2. The Morgan fingerprint density at radius 1 is 0.382 bits per heavy atom. The molecular formula is C52H36N2O. The average Bonchev–Trinajstić information content (AvgIpc) is 3.55. The number of amidine groups is 1. The molecule has 0 atom stereocenters. The lowest BCUT2D eigenvalue weighted by Gasteiger charge is -2.13. The Balaban J connectivity index is 1.14. The molecule has 2 heterocycles. The number of hydrogen-bond acceptors (Lipinski definition) is 3. The molecule has 8 aromatic carbocycles. The Morgan fingerprint density at radius 3 is 1.56 bits per heavy atom. The van der Waals surface area contributed by atoms with Crippen molar-refractivity contribution in [1.82, 2.24) is 0 Å². The molecule has 1 aromatic heterocycles. The smallest absolute Gasteiger partial charge is 0.160 e. The summed E-state index contributed by atoms with van der Waals surface area (Å²) in [7, 11) is 0. The summed E-state index contributed by atoms with van der Waals surface area (Å²) >= 11 is 0. The van der Waals surface area contributed by atoms with Crippen molar-refractivity contribution >= 4 is 50.0 Å². The predicted molar refractivity (Wildman–Crippen MR) is 231 cm³/mol. The van der Waals surface area contributed by atoms with Crippen LogP contribution < -0.4 is 0 Å². The third-order valence-electron chi connectivity index (χ3n) is 10.7. The van der Waals surface area contributed by atoms with Crippen molar-refractivity contribution in [1.29, 1.82) is 0 Å². The van der Waals surface area contributed by atoms with E-state index in [2.05, 4.69) is 183 Å². The van der Waals surface area contributed by atoms with Gasteiger partial charge >= 0.3 is 0 Å². The van der Waals surface area contributed by atoms with Crippen LogP contribution in [0.4, 0.5) is 0 Å². The Kier molecular flexibility index (Phi) is 8.11. The van der Waals surface area contributed by atoms with E-state index >= 15 is 0 Å². The molecule has 10 rings (SSSR count). The van der Waals surface area contributed by atoms with Gasteiger partial charge in [-0.25, -0.2) is 9.98 Å². The first-order chi connectivity index (χ1) is 27.2. The predicted octanol–water partition coefficient (Wildman–Crippen LogP) is 13.8. The number of rotatable bonds is 6. The van der Waals surface area contributed by atoms with E-state index in [1.807, 2.05) is 12.1 Å². The van der Waals surface area contributed by atoms with E-state index < -0.39 is 0 Å². The molecule has 0 saturated carbocycles. The number of furan rings is 1. The van der Waals surface area contributed by atoms with Crippen LogP contribution in [0.2, 0.25) is 0 Å². The first kappa shape index (κ1) is 32.5. The lowest BCUT2D eigenvalue weighted by Crippen LogP contribution is -2.06. The van der Waals surface area contributed by atoms with E-state index in [-0.39, 0.29) is 0 Å². The maximum atomic E-state index is 6.30. The van der Waals surface area contributed by atoms with Crippen molar-refractivity contribution < 1.29 is 4.42 Å². The van der Waals surface area contributed by atoms with Crippen LogP contribution in [-0.4, -0.2) is 11.5 Å². The fraction of sp³-hybridized carbons (Fsp3) is 0.0385. The van der Waals surface area contributed by atoms with Crippen LogP contribution >= 0.6 is 0 Å². The highest BCUT2D eigenvalue weighted by Gasteiger charge is 2.21. The minimum absolute atomic E-state index is 0.680. The standard InChI is InChI=1S/C52H36N2O/c1-34-33-47(39-27-23-37(24-28-39)35-13-4-2-5-14-35)53-52(54-51(34)40-29-25-38(26-30-40)36-15-6-3-7-16-36)45-32-31-43(41-17-8-9-18-42(41)45)44-20-12-22-49-50(44)46-19-10-11-21-48(46)55-49/h2-32H,33H2,1H3. The monoisotopic (exact) mass is 704 g/mol. The van der Waals surface area contributed by atoms with Gasteiger partial charge in [0.25, 0.3) is 0 Å². The summed E-state index contributed by atoms with van der Waals surface area (Å²) < 4.78 is 6.30. The normalized spacial score (nSPS) is 13.3. The highest BCUT2D eigenvalue weighted by molar-refractivity contribution is 6.22. The first-order valence-electron chi connectivity index (χ1n) is 18.8. The van der Waals surface area contributed by atoms with E-state index in [0.29, 0.717) is 12.3 Å². The molecule has 3 nitrogen and oxygen atoms in total. The molecule has 0 aliphatic carbocycles. The Morgan fingerprint density at radius 2 is 0.891 bits per heavy atom. The minimum Gasteiger partial charge on any atom is -0.456 e. The molecular weight excluding hydrogens is 669 g/mol. The number of nitrogens with zero attached hydrogens (tertiary/aromatic N) is 2. The van der Waals surface area contributed by atoms with E-state index in [0.717, 1.165) is 71.9 Å². The second-order valence-corrected chi connectivity index (χ2v) is 14.2. The molecule has 0 N–H and O–H groups in total. The van der Waals surface area contributed by atoms with Crippen molar-refractivity contribution in [3.63, 3.8) is 0 Å². The third-order valence-corrected chi connectivity index (χ3v) is 10.7. The van der Waals surface area contributed by atoms with Crippen molar-refractivity contribution in [2.45, 2.75) is 13.3 Å². The molecule has 0 amide bonds. The number of para-hydroxylation sites is 1. The molecule has 0 fully saturated rings. The van der Waals surface area contributed by atoms with E-state index in [9.17, 15) is 0 Å². The lowest BCUT2D eigenvalue weighted by molar-refractivity contribution is 0.669. The van der Waals surface area contributed by atoms with Crippen molar-refractivity contribution in [2.75, 3.05) is 0 Å². The van der Waals surface area contributed by atoms with Gasteiger partial charge in [0.2, 0.25) is 0 Å². The van der Waals surface area contributed by atoms with Crippen LogP contribution in [-0.2, 0) is 0 Å². The summed E-state index contributed by atoms with van der Waals surface area (Å²) in [6.07, 6.45) is 0.680. The van der Waals surface area contributed by atoms with Crippen LogP contribution in [0.15, 0.2) is 208 Å². The van der Waals surface area contributed by atoms with Gasteiger partial charge in [-0.2, -0.15) is 0 Å². The number of hydrogen-bond donors (Lipinski definition) is 0. The van der Waals surface area contributed by atoms with E-state index in [4.69, 9.17) is 14.4 Å². The zero-order valence-corrected chi connectivity index (χ0v) is 30.4. The van der Waals surface area contributed by atoms with Gasteiger partial charge in [-0.05, 0) is 80.4 Å². The maximum absolute atomic E-state index is 6.30. The topological polar surface area (TPSA) is 37.9 Å². The molecule has 260 valence electrons. The molecule has 55 heavy (non-hydrogen) atoms. The summed E-state index contributed by atoms with van der Waals surface area (Å²) in [5, 5.41) is 4.49. The van der Waals surface area contributed by atoms with Gasteiger partial charge in [0.15, 0.2) is 5.84 Å². The zero-order chi connectivity index (χ0) is 36.7. The molecule has 0 bridgehead atoms. The highest BCUT2D eigenvalue weighted by Crippen LogP contribution is 2.40. The SMILES string of the molecule is CC1=C(c2ccc(-c3ccccc3)cc2)N=C(c2ccc(-c3cccc4oc5ccccc5c34)c3ccccc23)N=C(c2ccc(-c3ccccc3)cc2)C1. The maximum Gasteiger partial charge on any atom is 0.160 e.